The second-order valence-corrected chi connectivity index (χ2v) is 1.36. The third-order valence-electron chi connectivity index (χ3n) is 0.675. The number of allylic oxidation sites excluding steroid dienone is 2. The predicted octanol–water partition coefficient (Wildman–Crippen LogP) is 2.38. The Bertz CT molecular complexity index is 48.3. The second-order valence-electron chi connectivity index (χ2n) is 1.36. The summed E-state index contributed by atoms with van der Waals surface area (Å²) in [5, 5.41) is 0. The summed E-state index contributed by atoms with van der Waals surface area (Å²) in [6.45, 7) is 4.14. The Labute approximate surface area is 64.2 Å². The van der Waals surface area contributed by atoms with Gasteiger partial charge in [0.2, 0.25) is 0 Å². The topological polar surface area (TPSA) is 0 Å². The Morgan fingerprint density at radius 2 is 2.00 bits per heavy atom. The van der Waals surface area contributed by atoms with Gasteiger partial charge >= 0.3 is 18.6 Å². The average molecular weight is 147 g/mol. The molecule has 0 amide bonds. The van der Waals surface area contributed by atoms with Crippen molar-refractivity contribution in [3.8, 4) is 0 Å². The van der Waals surface area contributed by atoms with E-state index >= 15 is 0 Å². The van der Waals surface area contributed by atoms with Crippen molar-refractivity contribution in [2.75, 3.05) is 0 Å². The summed E-state index contributed by atoms with van der Waals surface area (Å²) in [6.07, 6.45) is 9.36. The van der Waals surface area contributed by atoms with Crippen molar-refractivity contribution in [2.45, 2.75) is 20.3 Å². The van der Waals surface area contributed by atoms with E-state index in [1.54, 1.807) is 0 Å². The van der Waals surface area contributed by atoms with E-state index in [0.29, 0.717) is 0 Å². The van der Waals surface area contributed by atoms with E-state index in [4.69, 9.17) is 0 Å². The van der Waals surface area contributed by atoms with Gasteiger partial charge in [-0.25, -0.2) is 0 Å². The fourth-order valence-corrected chi connectivity index (χ4v) is 0.326. The van der Waals surface area contributed by atoms with E-state index in [9.17, 15) is 0 Å². The Kier molecular flexibility index (Phi) is 13.9. The molecule has 0 nitrogen and oxygen atoms in total. The normalized spacial score (nSPS) is 8.25. The van der Waals surface area contributed by atoms with Gasteiger partial charge in [-0.05, 0) is 0 Å². The molecule has 0 spiro atoms. The molecule has 0 aromatic heterocycles. The average Bonchev–Trinajstić information content (AvgIpc) is 1.69. The third kappa shape index (κ3) is 9.42. The van der Waals surface area contributed by atoms with Crippen molar-refractivity contribution in [1.82, 2.24) is 0 Å². The Hall–Kier alpha value is 0.0644. The minimum Gasteiger partial charge on any atom is -0.379 e. The minimum atomic E-state index is 0. The molecule has 0 bridgehead atoms. The number of rotatable bonds is 3. The van der Waals surface area contributed by atoms with E-state index in [0.717, 1.165) is 6.42 Å². The number of hydrogen-bond acceptors (Lipinski definition) is 0. The zero-order chi connectivity index (χ0) is 5.54. The van der Waals surface area contributed by atoms with Crippen LogP contribution in [0.2, 0.25) is 0 Å². The standard InChI is InChI=1S/C7H12.V/c1-3-5-7-6-4-2;/h3,5-7H,4H2,1-2H3;/q-2;+2/b7-5-;. The van der Waals surface area contributed by atoms with Crippen LogP contribution in [-0.2, 0) is 18.6 Å². The van der Waals surface area contributed by atoms with Crippen LogP contribution in [-0.4, -0.2) is 0 Å². The van der Waals surface area contributed by atoms with Crippen molar-refractivity contribution in [3.63, 3.8) is 0 Å². The van der Waals surface area contributed by atoms with Crippen LogP contribution < -0.4 is 0 Å². The molecule has 0 saturated carbocycles. The molecule has 0 rings (SSSR count). The van der Waals surface area contributed by atoms with Crippen LogP contribution in [0.15, 0.2) is 12.2 Å². The third-order valence-corrected chi connectivity index (χ3v) is 0.675. The zero-order valence-electron chi connectivity index (χ0n) is 5.46. The molecule has 0 heterocycles. The van der Waals surface area contributed by atoms with Gasteiger partial charge in [0.25, 0.3) is 0 Å². The monoisotopic (exact) mass is 147 g/mol. The fraction of sp³-hybridized carbons (Fsp3) is 0.429. The summed E-state index contributed by atoms with van der Waals surface area (Å²) >= 11 is 0. The molecule has 0 N–H and O–H groups in total. The summed E-state index contributed by atoms with van der Waals surface area (Å²) in [4.78, 5) is 0. The van der Waals surface area contributed by atoms with Gasteiger partial charge in [-0.2, -0.15) is 0 Å². The van der Waals surface area contributed by atoms with Gasteiger partial charge in [0.1, 0.15) is 0 Å². The van der Waals surface area contributed by atoms with Gasteiger partial charge < -0.3 is 25.0 Å². The fourth-order valence-electron chi connectivity index (χ4n) is 0.326. The number of hydrogen-bond donors (Lipinski definition) is 0. The molecular weight excluding hydrogens is 135 g/mol. The van der Waals surface area contributed by atoms with Crippen molar-refractivity contribution in [1.29, 1.82) is 0 Å². The first-order valence-corrected chi connectivity index (χ1v) is 2.69. The number of unbranched alkanes of at least 4 members (excludes halogenated alkanes) is 1. The largest absolute Gasteiger partial charge is 2.00 e. The Balaban J connectivity index is 0. The first kappa shape index (κ1) is 10.9. The van der Waals surface area contributed by atoms with Crippen molar-refractivity contribution in [2.24, 2.45) is 0 Å². The van der Waals surface area contributed by atoms with Crippen molar-refractivity contribution in [3.05, 3.63) is 25.0 Å². The molecular formula is C7H12V. The first-order valence-electron chi connectivity index (χ1n) is 2.69. The van der Waals surface area contributed by atoms with Crippen LogP contribution in [0.1, 0.15) is 20.3 Å². The summed E-state index contributed by atoms with van der Waals surface area (Å²) in [5.74, 6) is 0. The second kappa shape index (κ2) is 10.1. The van der Waals surface area contributed by atoms with Crippen LogP contribution in [0.4, 0.5) is 0 Å². The smallest absolute Gasteiger partial charge is 0.379 e. The van der Waals surface area contributed by atoms with Gasteiger partial charge in [0.05, 0.1) is 0 Å². The van der Waals surface area contributed by atoms with Crippen LogP contribution in [0.5, 0.6) is 0 Å². The summed E-state index contributed by atoms with van der Waals surface area (Å²) in [5.41, 5.74) is 0. The van der Waals surface area contributed by atoms with E-state index in [-0.39, 0.29) is 18.6 Å². The van der Waals surface area contributed by atoms with Crippen LogP contribution in [0.25, 0.3) is 0 Å². The molecule has 0 aliphatic carbocycles. The van der Waals surface area contributed by atoms with Gasteiger partial charge in [-0.1, -0.05) is 6.92 Å². The molecule has 0 aromatic carbocycles. The van der Waals surface area contributed by atoms with Gasteiger partial charge in [-0.15, -0.1) is 13.3 Å². The van der Waals surface area contributed by atoms with E-state index in [1.165, 1.54) is 0 Å². The molecule has 8 heavy (non-hydrogen) atoms. The molecule has 1 radical (unpaired) electrons. The molecule has 1 heteroatoms. The van der Waals surface area contributed by atoms with E-state index < -0.39 is 0 Å². The predicted molar refractivity (Wildman–Crippen MR) is 33.7 cm³/mol. The molecule has 0 aromatic rings. The quantitative estimate of drug-likeness (QED) is 0.537. The van der Waals surface area contributed by atoms with E-state index in [2.05, 4.69) is 19.4 Å². The minimum absolute atomic E-state index is 0. The summed E-state index contributed by atoms with van der Waals surface area (Å²) < 4.78 is 0. The Morgan fingerprint density at radius 3 is 2.38 bits per heavy atom. The molecule has 0 aliphatic rings. The Morgan fingerprint density at radius 1 is 1.38 bits per heavy atom. The molecule has 0 fully saturated rings. The maximum atomic E-state index is 2.12. The van der Waals surface area contributed by atoms with Gasteiger partial charge in [-0.3, -0.25) is 0 Å². The molecule has 0 unspecified atom stereocenters. The molecule has 0 aliphatic heterocycles. The maximum Gasteiger partial charge on any atom is 2.00 e. The van der Waals surface area contributed by atoms with E-state index in [1.807, 2.05) is 19.4 Å². The van der Waals surface area contributed by atoms with Gasteiger partial charge in [0, 0.05) is 0 Å². The molecule has 0 saturated heterocycles. The maximum absolute atomic E-state index is 2.12. The SMILES string of the molecule is C[CH-]/C=C\[CH-]CC.[V+2]. The molecule has 45 valence electrons. The summed E-state index contributed by atoms with van der Waals surface area (Å²) in [7, 11) is 0. The zero-order valence-corrected chi connectivity index (χ0v) is 6.86. The van der Waals surface area contributed by atoms with Crippen LogP contribution >= 0.6 is 0 Å². The van der Waals surface area contributed by atoms with Crippen LogP contribution in [0, 0.1) is 12.8 Å². The van der Waals surface area contributed by atoms with Gasteiger partial charge in [0.15, 0.2) is 0 Å². The molecule has 0 atom stereocenters. The van der Waals surface area contributed by atoms with Crippen molar-refractivity contribution >= 4 is 0 Å². The van der Waals surface area contributed by atoms with Crippen molar-refractivity contribution < 1.29 is 18.6 Å². The van der Waals surface area contributed by atoms with Crippen LogP contribution in [0.3, 0.4) is 0 Å². The summed E-state index contributed by atoms with van der Waals surface area (Å²) in [6, 6.07) is 0. The first-order chi connectivity index (χ1) is 3.41.